The summed E-state index contributed by atoms with van der Waals surface area (Å²) in [5, 5.41) is 2.82. The number of amides is 1. The van der Waals surface area contributed by atoms with Crippen molar-refractivity contribution in [2.45, 2.75) is 32.7 Å². The lowest BCUT2D eigenvalue weighted by molar-refractivity contribution is -0.117. The third-order valence-electron chi connectivity index (χ3n) is 1.39. The summed E-state index contributed by atoms with van der Waals surface area (Å²) in [6.07, 6.45) is 2.06. The quantitative estimate of drug-likeness (QED) is 0.504. The fourth-order valence-corrected chi connectivity index (χ4v) is 1.18. The Hall–Kier alpha value is -1.05. The van der Waals surface area contributed by atoms with Gasteiger partial charge in [-0.05, 0) is 33.3 Å². The third kappa shape index (κ3) is 4.72. The van der Waals surface area contributed by atoms with Crippen molar-refractivity contribution in [3.8, 4) is 0 Å². The van der Waals surface area contributed by atoms with Gasteiger partial charge in [0, 0.05) is 5.54 Å². The lowest BCUT2D eigenvalue weighted by Crippen LogP contribution is -2.42. The summed E-state index contributed by atoms with van der Waals surface area (Å²) in [7, 11) is 0. The minimum Gasteiger partial charge on any atom is -0.347 e. The molecular formula is C10H17NO. The molecule has 0 saturated carbocycles. The van der Waals surface area contributed by atoms with Gasteiger partial charge in [-0.25, -0.2) is 0 Å². The van der Waals surface area contributed by atoms with Crippen molar-refractivity contribution < 1.29 is 4.79 Å². The van der Waals surface area contributed by atoms with E-state index in [4.69, 9.17) is 0 Å². The van der Waals surface area contributed by atoms with E-state index < -0.39 is 0 Å². The highest BCUT2D eigenvalue weighted by Gasteiger charge is 2.18. The molecule has 0 bridgehead atoms. The summed E-state index contributed by atoms with van der Waals surface area (Å²) in [5.41, 5.74) is 0.835. The van der Waals surface area contributed by atoms with Crippen molar-refractivity contribution in [3.05, 3.63) is 24.8 Å². The number of hydrogen-bond acceptors (Lipinski definition) is 1. The monoisotopic (exact) mass is 167 g/mol. The average Bonchev–Trinajstić information content (AvgIpc) is 1.83. The first-order valence-corrected chi connectivity index (χ1v) is 3.96. The second-order valence-electron chi connectivity index (χ2n) is 3.71. The van der Waals surface area contributed by atoms with Crippen LogP contribution in [0.3, 0.4) is 0 Å². The third-order valence-corrected chi connectivity index (χ3v) is 1.39. The molecule has 1 N–H and O–H groups in total. The molecule has 0 aromatic heterocycles. The van der Waals surface area contributed by atoms with E-state index >= 15 is 0 Å². The predicted molar refractivity (Wildman–Crippen MR) is 51.8 cm³/mol. The SMILES string of the molecule is C=CC(=O)NC(C)(C)CC(=C)C. The molecule has 12 heavy (non-hydrogen) atoms. The van der Waals surface area contributed by atoms with E-state index in [9.17, 15) is 4.79 Å². The molecule has 0 unspecified atom stereocenters. The van der Waals surface area contributed by atoms with Crippen LogP contribution in [0.2, 0.25) is 0 Å². The molecule has 0 atom stereocenters. The molecule has 0 aromatic carbocycles. The molecule has 0 spiro atoms. The summed E-state index contributed by atoms with van der Waals surface area (Å²) in [6.45, 7) is 13.1. The largest absolute Gasteiger partial charge is 0.347 e. The van der Waals surface area contributed by atoms with Gasteiger partial charge in [0.1, 0.15) is 0 Å². The molecule has 0 saturated heterocycles. The number of hydrogen-bond donors (Lipinski definition) is 1. The van der Waals surface area contributed by atoms with Crippen molar-refractivity contribution >= 4 is 5.91 Å². The van der Waals surface area contributed by atoms with Crippen LogP contribution in [0.25, 0.3) is 0 Å². The van der Waals surface area contributed by atoms with Crippen LogP contribution < -0.4 is 5.32 Å². The minimum atomic E-state index is -0.225. The molecule has 0 fully saturated rings. The van der Waals surface area contributed by atoms with Crippen LogP contribution in [0.15, 0.2) is 24.8 Å². The van der Waals surface area contributed by atoms with Gasteiger partial charge in [0.15, 0.2) is 0 Å². The van der Waals surface area contributed by atoms with Crippen molar-refractivity contribution in [3.63, 3.8) is 0 Å². The first-order chi connectivity index (χ1) is 5.37. The smallest absolute Gasteiger partial charge is 0.243 e. The van der Waals surface area contributed by atoms with E-state index in [0.29, 0.717) is 0 Å². The zero-order chi connectivity index (χ0) is 9.78. The summed E-state index contributed by atoms with van der Waals surface area (Å²) in [5.74, 6) is -0.138. The first kappa shape index (κ1) is 11.0. The topological polar surface area (TPSA) is 29.1 Å². The Morgan fingerprint density at radius 3 is 2.42 bits per heavy atom. The molecule has 2 nitrogen and oxygen atoms in total. The lowest BCUT2D eigenvalue weighted by Gasteiger charge is -2.25. The van der Waals surface area contributed by atoms with E-state index in [1.807, 2.05) is 20.8 Å². The van der Waals surface area contributed by atoms with Crippen LogP contribution in [0.1, 0.15) is 27.2 Å². The molecule has 68 valence electrons. The van der Waals surface area contributed by atoms with Gasteiger partial charge in [0.2, 0.25) is 5.91 Å². The van der Waals surface area contributed by atoms with Gasteiger partial charge in [-0.2, -0.15) is 0 Å². The van der Waals surface area contributed by atoms with Gasteiger partial charge >= 0.3 is 0 Å². The average molecular weight is 167 g/mol. The Bertz CT molecular complexity index is 204. The normalized spacial score (nSPS) is 10.6. The number of carbonyl (C=O) groups is 1. The molecule has 0 rings (SSSR count). The van der Waals surface area contributed by atoms with E-state index in [-0.39, 0.29) is 11.4 Å². The van der Waals surface area contributed by atoms with Gasteiger partial charge in [-0.15, -0.1) is 6.58 Å². The highest BCUT2D eigenvalue weighted by atomic mass is 16.1. The van der Waals surface area contributed by atoms with Crippen LogP contribution in [0.4, 0.5) is 0 Å². The summed E-state index contributed by atoms with van der Waals surface area (Å²) in [6, 6.07) is 0. The molecule has 0 aliphatic rings. The Kier molecular flexibility index (Phi) is 3.74. The van der Waals surface area contributed by atoms with Crippen LogP contribution in [0, 0.1) is 0 Å². The number of rotatable bonds is 4. The fourth-order valence-electron chi connectivity index (χ4n) is 1.18. The van der Waals surface area contributed by atoms with E-state index in [0.717, 1.165) is 12.0 Å². The molecule has 0 radical (unpaired) electrons. The Labute approximate surface area is 74.4 Å². The van der Waals surface area contributed by atoms with Gasteiger partial charge in [-0.3, -0.25) is 4.79 Å². The molecule has 0 heterocycles. The van der Waals surface area contributed by atoms with E-state index in [1.165, 1.54) is 6.08 Å². The highest BCUT2D eigenvalue weighted by Crippen LogP contribution is 2.13. The molecule has 0 aromatic rings. The summed E-state index contributed by atoms with van der Waals surface area (Å²) >= 11 is 0. The zero-order valence-corrected chi connectivity index (χ0v) is 8.11. The van der Waals surface area contributed by atoms with Crippen LogP contribution in [0.5, 0.6) is 0 Å². The zero-order valence-electron chi connectivity index (χ0n) is 8.11. The maximum Gasteiger partial charge on any atom is 0.243 e. The highest BCUT2D eigenvalue weighted by molar-refractivity contribution is 5.87. The van der Waals surface area contributed by atoms with Crippen LogP contribution in [-0.2, 0) is 4.79 Å². The van der Waals surface area contributed by atoms with Crippen LogP contribution in [-0.4, -0.2) is 11.4 Å². The van der Waals surface area contributed by atoms with Crippen molar-refractivity contribution in [2.75, 3.05) is 0 Å². The maximum absolute atomic E-state index is 11.0. The second-order valence-corrected chi connectivity index (χ2v) is 3.71. The molecule has 0 aliphatic heterocycles. The lowest BCUT2D eigenvalue weighted by atomic mass is 9.96. The van der Waals surface area contributed by atoms with Crippen molar-refractivity contribution in [1.82, 2.24) is 5.32 Å². The Balaban J connectivity index is 4.11. The van der Waals surface area contributed by atoms with Crippen LogP contribution >= 0.6 is 0 Å². The first-order valence-electron chi connectivity index (χ1n) is 3.96. The second kappa shape index (κ2) is 4.10. The van der Waals surface area contributed by atoms with Gasteiger partial charge in [-0.1, -0.05) is 12.2 Å². The van der Waals surface area contributed by atoms with Gasteiger partial charge < -0.3 is 5.32 Å². The number of nitrogens with one attached hydrogen (secondary N) is 1. The fraction of sp³-hybridized carbons (Fsp3) is 0.500. The summed E-state index contributed by atoms with van der Waals surface area (Å²) in [4.78, 5) is 11.0. The number of carbonyl (C=O) groups excluding carboxylic acids is 1. The van der Waals surface area contributed by atoms with E-state index in [2.05, 4.69) is 18.5 Å². The van der Waals surface area contributed by atoms with Crippen molar-refractivity contribution in [2.24, 2.45) is 0 Å². The molecule has 2 heteroatoms. The standard InChI is InChI=1S/C10H17NO/c1-6-9(12)11-10(4,5)7-8(2)3/h6H,1-2,7H2,3-5H3,(H,11,12). The van der Waals surface area contributed by atoms with Gasteiger partial charge in [0.05, 0.1) is 0 Å². The molecule has 1 amide bonds. The Morgan fingerprint density at radius 2 is 2.08 bits per heavy atom. The predicted octanol–water partition coefficient (Wildman–Crippen LogP) is 2.03. The molecular weight excluding hydrogens is 150 g/mol. The summed E-state index contributed by atoms with van der Waals surface area (Å²) < 4.78 is 0. The van der Waals surface area contributed by atoms with Crippen molar-refractivity contribution in [1.29, 1.82) is 0 Å². The van der Waals surface area contributed by atoms with Gasteiger partial charge in [0.25, 0.3) is 0 Å². The minimum absolute atomic E-state index is 0.138. The van der Waals surface area contributed by atoms with E-state index in [1.54, 1.807) is 0 Å². The molecule has 0 aliphatic carbocycles. The maximum atomic E-state index is 11.0. The Morgan fingerprint density at radius 1 is 1.58 bits per heavy atom.